The normalized spacial score (nSPS) is 12.4. The molecule has 0 heterocycles. The minimum Gasteiger partial charge on any atom is -0.316 e. The molecule has 0 spiro atoms. The van der Waals surface area contributed by atoms with Gasteiger partial charge in [0.05, 0.1) is 10.0 Å². The van der Waals surface area contributed by atoms with Crippen LogP contribution in [0, 0.1) is 11.6 Å². The SMILES string of the molecule is CNC(Cc1cccc(Cl)c1Cl)Cc1c(F)cccc1F. The number of benzene rings is 2. The first-order valence-electron chi connectivity index (χ1n) is 6.56. The monoisotopic (exact) mass is 329 g/mol. The van der Waals surface area contributed by atoms with Gasteiger partial charge in [-0.1, -0.05) is 41.4 Å². The van der Waals surface area contributed by atoms with Crippen LogP contribution in [0.2, 0.25) is 10.0 Å². The summed E-state index contributed by atoms with van der Waals surface area (Å²) in [5, 5.41) is 4.02. The van der Waals surface area contributed by atoms with Crippen molar-refractivity contribution in [1.29, 1.82) is 0 Å². The zero-order chi connectivity index (χ0) is 15.4. The maximum atomic E-state index is 13.7. The molecule has 0 aromatic heterocycles. The second-order valence-corrected chi connectivity index (χ2v) is 5.59. The van der Waals surface area contributed by atoms with Crippen molar-refractivity contribution in [2.75, 3.05) is 7.05 Å². The Morgan fingerprint density at radius 1 is 1.00 bits per heavy atom. The highest BCUT2D eigenvalue weighted by Crippen LogP contribution is 2.27. The minimum absolute atomic E-state index is 0.0787. The molecule has 2 rings (SSSR count). The molecule has 21 heavy (non-hydrogen) atoms. The van der Waals surface area contributed by atoms with E-state index in [1.165, 1.54) is 18.2 Å². The van der Waals surface area contributed by atoms with E-state index in [4.69, 9.17) is 23.2 Å². The molecule has 0 amide bonds. The van der Waals surface area contributed by atoms with E-state index in [-0.39, 0.29) is 18.0 Å². The van der Waals surface area contributed by atoms with Gasteiger partial charge in [0.1, 0.15) is 11.6 Å². The average Bonchev–Trinajstić information content (AvgIpc) is 2.46. The summed E-state index contributed by atoms with van der Waals surface area (Å²) >= 11 is 12.1. The Balaban J connectivity index is 2.19. The lowest BCUT2D eigenvalue weighted by molar-refractivity contribution is 0.502. The van der Waals surface area contributed by atoms with Crippen LogP contribution in [0.1, 0.15) is 11.1 Å². The van der Waals surface area contributed by atoms with Gasteiger partial charge in [0.25, 0.3) is 0 Å². The van der Waals surface area contributed by atoms with Gasteiger partial charge in [-0.05, 0) is 43.7 Å². The lowest BCUT2D eigenvalue weighted by atomic mass is 9.98. The third kappa shape index (κ3) is 3.94. The number of hydrogen-bond acceptors (Lipinski definition) is 1. The van der Waals surface area contributed by atoms with Gasteiger partial charge in [-0.3, -0.25) is 0 Å². The van der Waals surface area contributed by atoms with Crippen LogP contribution in [-0.4, -0.2) is 13.1 Å². The number of nitrogens with one attached hydrogen (secondary N) is 1. The Hall–Kier alpha value is -1.16. The van der Waals surface area contributed by atoms with Gasteiger partial charge in [0.2, 0.25) is 0 Å². The molecule has 1 N–H and O–H groups in total. The van der Waals surface area contributed by atoms with E-state index < -0.39 is 11.6 Å². The highest BCUT2D eigenvalue weighted by Gasteiger charge is 2.16. The van der Waals surface area contributed by atoms with Gasteiger partial charge >= 0.3 is 0 Å². The van der Waals surface area contributed by atoms with Gasteiger partial charge < -0.3 is 5.32 Å². The van der Waals surface area contributed by atoms with Crippen molar-refractivity contribution in [3.63, 3.8) is 0 Å². The van der Waals surface area contributed by atoms with E-state index >= 15 is 0 Å². The molecule has 0 saturated heterocycles. The summed E-state index contributed by atoms with van der Waals surface area (Å²) in [6.45, 7) is 0. The predicted octanol–water partition coefficient (Wildman–Crippen LogP) is 4.64. The minimum atomic E-state index is -0.535. The molecule has 0 saturated carbocycles. The summed E-state index contributed by atoms with van der Waals surface area (Å²) < 4.78 is 27.4. The number of rotatable bonds is 5. The molecule has 0 fully saturated rings. The third-order valence-electron chi connectivity index (χ3n) is 3.42. The van der Waals surface area contributed by atoms with Crippen molar-refractivity contribution < 1.29 is 8.78 Å². The Labute approximate surface area is 132 Å². The van der Waals surface area contributed by atoms with E-state index in [2.05, 4.69) is 5.32 Å². The van der Waals surface area contributed by atoms with Crippen LogP contribution in [0.4, 0.5) is 8.78 Å². The van der Waals surface area contributed by atoms with E-state index in [0.717, 1.165) is 5.56 Å². The van der Waals surface area contributed by atoms with Crippen molar-refractivity contribution in [3.05, 3.63) is 69.2 Å². The smallest absolute Gasteiger partial charge is 0.129 e. The Morgan fingerprint density at radius 3 is 2.24 bits per heavy atom. The molecule has 0 bridgehead atoms. The zero-order valence-electron chi connectivity index (χ0n) is 11.5. The van der Waals surface area contributed by atoms with Gasteiger partial charge in [-0.15, -0.1) is 0 Å². The van der Waals surface area contributed by atoms with E-state index in [9.17, 15) is 8.78 Å². The standard InChI is InChI=1S/C16H15Cl2F2N/c1-21-11(8-10-4-2-5-13(17)16(10)18)9-12-14(19)6-3-7-15(12)20/h2-7,11,21H,8-9H2,1H3. The maximum Gasteiger partial charge on any atom is 0.129 e. The molecule has 2 aromatic carbocycles. The van der Waals surface area contributed by atoms with Crippen molar-refractivity contribution in [3.8, 4) is 0 Å². The first kappa shape index (κ1) is 16.2. The van der Waals surface area contributed by atoms with Gasteiger partial charge in [-0.25, -0.2) is 8.78 Å². The number of halogens is 4. The fraction of sp³-hybridized carbons (Fsp3) is 0.250. The Bertz CT molecular complexity index is 611. The van der Waals surface area contributed by atoms with Gasteiger partial charge in [0, 0.05) is 11.6 Å². The van der Waals surface area contributed by atoms with E-state index in [1.807, 2.05) is 6.07 Å². The van der Waals surface area contributed by atoms with Crippen LogP contribution in [-0.2, 0) is 12.8 Å². The Kier molecular flexibility index (Phi) is 5.57. The molecule has 1 atom stereocenters. The molecule has 0 aliphatic heterocycles. The van der Waals surface area contributed by atoms with Crippen LogP contribution < -0.4 is 5.32 Å². The largest absolute Gasteiger partial charge is 0.316 e. The molecule has 1 nitrogen and oxygen atoms in total. The summed E-state index contributed by atoms with van der Waals surface area (Å²) in [6, 6.07) is 9.10. The fourth-order valence-electron chi connectivity index (χ4n) is 2.22. The third-order valence-corrected chi connectivity index (χ3v) is 4.28. The quantitative estimate of drug-likeness (QED) is 0.842. The van der Waals surface area contributed by atoms with E-state index in [0.29, 0.717) is 16.5 Å². The summed E-state index contributed by atoms with van der Waals surface area (Å²) in [4.78, 5) is 0. The van der Waals surface area contributed by atoms with Gasteiger partial charge in [-0.2, -0.15) is 0 Å². The second-order valence-electron chi connectivity index (χ2n) is 4.81. The summed E-state index contributed by atoms with van der Waals surface area (Å²) in [5.41, 5.74) is 0.926. The van der Waals surface area contributed by atoms with Crippen molar-refractivity contribution in [1.82, 2.24) is 5.32 Å². The van der Waals surface area contributed by atoms with Crippen LogP contribution in [0.3, 0.4) is 0 Å². The van der Waals surface area contributed by atoms with Crippen molar-refractivity contribution in [2.24, 2.45) is 0 Å². The highest BCUT2D eigenvalue weighted by molar-refractivity contribution is 6.42. The average molecular weight is 330 g/mol. The maximum absolute atomic E-state index is 13.7. The molecule has 0 aliphatic carbocycles. The lowest BCUT2D eigenvalue weighted by Gasteiger charge is -2.18. The fourth-order valence-corrected chi connectivity index (χ4v) is 2.62. The molecule has 2 aromatic rings. The lowest BCUT2D eigenvalue weighted by Crippen LogP contribution is -2.30. The summed E-state index contributed by atoms with van der Waals surface area (Å²) in [7, 11) is 1.75. The second kappa shape index (κ2) is 7.21. The molecule has 1 unspecified atom stereocenters. The van der Waals surface area contributed by atoms with E-state index in [1.54, 1.807) is 19.2 Å². The molecule has 0 radical (unpaired) electrons. The van der Waals surface area contributed by atoms with Crippen LogP contribution in [0.25, 0.3) is 0 Å². The first-order chi connectivity index (χ1) is 10.0. The molecular weight excluding hydrogens is 315 g/mol. The molecule has 0 aliphatic rings. The summed E-state index contributed by atoms with van der Waals surface area (Å²) in [5.74, 6) is -1.07. The first-order valence-corrected chi connectivity index (χ1v) is 7.31. The zero-order valence-corrected chi connectivity index (χ0v) is 13.0. The topological polar surface area (TPSA) is 12.0 Å². The van der Waals surface area contributed by atoms with Crippen LogP contribution in [0.5, 0.6) is 0 Å². The van der Waals surface area contributed by atoms with Crippen LogP contribution >= 0.6 is 23.2 Å². The summed E-state index contributed by atoms with van der Waals surface area (Å²) in [6.07, 6.45) is 0.765. The highest BCUT2D eigenvalue weighted by atomic mass is 35.5. The Morgan fingerprint density at radius 2 is 1.62 bits per heavy atom. The van der Waals surface area contributed by atoms with Gasteiger partial charge in [0.15, 0.2) is 0 Å². The van der Waals surface area contributed by atoms with Crippen LogP contribution in [0.15, 0.2) is 36.4 Å². The molecular formula is C16H15Cl2F2N. The number of likely N-dealkylation sites (N-methyl/N-ethyl adjacent to an activating group) is 1. The number of hydrogen-bond donors (Lipinski definition) is 1. The van der Waals surface area contributed by atoms with Crippen molar-refractivity contribution in [2.45, 2.75) is 18.9 Å². The molecule has 112 valence electrons. The molecule has 5 heteroatoms. The van der Waals surface area contributed by atoms with Crippen molar-refractivity contribution >= 4 is 23.2 Å². The predicted molar refractivity (Wildman–Crippen MR) is 83.1 cm³/mol.